The summed E-state index contributed by atoms with van der Waals surface area (Å²) in [5.41, 5.74) is 0. The molecule has 0 saturated carbocycles. The van der Waals surface area contributed by atoms with Crippen molar-refractivity contribution in [2.45, 2.75) is 26.4 Å². The van der Waals surface area contributed by atoms with Gasteiger partial charge in [-0.1, -0.05) is 13.8 Å². The first-order chi connectivity index (χ1) is 5.49. The van der Waals surface area contributed by atoms with Crippen LogP contribution in [-0.4, -0.2) is 32.6 Å². The van der Waals surface area contributed by atoms with Gasteiger partial charge in [-0.05, 0) is 12.3 Å². The second-order valence-corrected chi connectivity index (χ2v) is 5.98. The van der Waals surface area contributed by atoms with Crippen LogP contribution < -0.4 is 0 Å². The van der Waals surface area contributed by atoms with Crippen molar-refractivity contribution in [2.75, 3.05) is 18.1 Å². The molecule has 4 heteroatoms. The van der Waals surface area contributed by atoms with Crippen LogP contribution in [0.15, 0.2) is 0 Å². The van der Waals surface area contributed by atoms with E-state index in [1.165, 1.54) is 0 Å². The van der Waals surface area contributed by atoms with Crippen LogP contribution in [0.2, 0.25) is 0 Å². The number of sulfone groups is 1. The molecule has 1 fully saturated rings. The summed E-state index contributed by atoms with van der Waals surface area (Å²) in [5, 5.41) is 0. The van der Waals surface area contributed by atoms with Gasteiger partial charge in [-0.25, -0.2) is 8.42 Å². The second kappa shape index (κ2) is 3.75. The third-order valence-corrected chi connectivity index (χ3v) is 3.59. The van der Waals surface area contributed by atoms with Crippen LogP contribution in [0.4, 0.5) is 0 Å². The van der Waals surface area contributed by atoms with E-state index < -0.39 is 9.84 Å². The number of ether oxygens (including phenoxy) is 1. The molecule has 0 spiro atoms. The van der Waals surface area contributed by atoms with E-state index in [9.17, 15) is 8.42 Å². The zero-order valence-corrected chi connectivity index (χ0v) is 8.43. The van der Waals surface area contributed by atoms with E-state index in [1.54, 1.807) is 0 Å². The Morgan fingerprint density at radius 1 is 1.50 bits per heavy atom. The Labute approximate surface area is 74.0 Å². The van der Waals surface area contributed by atoms with Gasteiger partial charge >= 0.3 is 0 Å². The van der Waals surface area contributed by atoms with Crippen molar-refractivity contribution in [3.8, 4) is 0 Å². The van der Waals surface area contributed by atoms with Crippen LogP contribution in [0.1, 0.15) is 20.3 Å². The predicted octanol–water partition coefficient (Wildman–Crippen LogP) is 0.846. The van der Waals surface area contributed by atoms with Gasteiger partial charge in [0.2, 0.25) is 0 Å². The number of hydrogen-bond acceptors (Lipinski definition) is 3. The maximum absolute atomic E-state index is 11.0. The molecule has 1 saturated heterocycles. The summed E-state index contributed by atoms with van der Waals surface area (Å²) in [6, 6.07) is 0. The van der Waals surface area contributed by atoms with Gasteiger partial charge < -0.3 is 4.74 Å². The first-order valence-electron chi connectivity index (χ1n) is 4.31. The molecule has 0 amide bonds. The SMILES string of the molecule is CC(C)COC1CCS(=O)(=O)C1. The van der Waals surface area contributed by atoms with Crippen molar-refractivity contribution in [3.63, 3.8) is 0 Å². The Morgan fingerprint density at radius 3 is 2.58 bits per heavy atom. The zero-order chi connectivity index (χ0) is 9.19. The molecule has 1 aliphatic rings. The van der Waals surface area contributed by atoms with Gasteiger partial charge in [0.15, 0.2) is 9.84 Å². The third kappa shape index (κ3) is 3.11. The Hall–Kier alpha value is -0.0900. The summed E-state index contributed by atoms with van der Waals surface area (Å²) in [5.74, 6) is 1.00. The summed E-state index contributed by atoms with van der Waals surface area (Å²) < 4.78 is 27.4. The van der Waals surface area contributed by atoms with Crippen molar-refractivity contribution in [1.82, 2.24) is 0 Å². The normalized spacial score (nSPS) is 28.1. The zero-order valence-electron chi connectivity index (χ0n) is 7.62. The van der Waals surface area contributed by atoms with Gasteiger partial charge in [0, 0.05) is 6.61 Å². The molecule has 0 bridgehead atoms. The van der Waals surface area contributed by atoms with Gasteiger partial charge in [-0.15, -0.1) is 0 Å². The van der Waals surface area contributed by atoms with Crippen molar-refractivity contribution in [3.05, 3.63) is 0 Å². The summed E-state index contributed by atoms with van der Waals surface area (Å²) in [6.07, 6.45) is 0.632. The highest BCUT2D eigenvalue weighted by molar-refractivity contribution is 7.91. The molecule has 1 atom stereocenters. The van der Waals surface area contributed by atoms with Gasteiger partial charge in [-0.3, -0.25) is 0 Å². The minimum atomic E-state index is -2.77. The molecule has 12 heavy (non-hydrogen) atoms. The summed E-state index contributed by atoms with van der Waals surface area (Å²) in [7, 11) is -2.77. The molecule has 1 unspecified atom stereocenters. The minimum Gasteiger partial charge on any atom is -0.377 e. The van der Waals surface area contributed by atoms with E-state index in [4.69, 9.17) is 4.74 Å². The lowest BCUT2D eigenvalue weighted by molar-refractivity contribution is 0.0522. The Bertz CT molecular complexity index is 231. The van der Waals surface area contributed by atoms with Crippen LogP contribution in [0, 0.1) is 5.92 Å². The molecule has 0 N–H and O–H groups in total. The molecule has 0 aromatic rings. The average molecular weight is 192 g/mol. The minimum absolute atomic E-state index is 0.0441. The molecule has 0 aromatic carbocycles. The maximum atomic E-state index is 11.0. The van der Waals surface area contributed by atoms with Gasteiger partial charge in [-0.2, -0.15) is 0 Å². The summed E-state index contributed by atoms with van der Waals surface area (Å²) in [6.45, 7) is 4.78. The quantitative estimate of drug-likeness (QED) is 0.665. The standard InChI is InChI=1S/C8H16O3S/c1-7(2)5-11-8-3-4-12(9,10)6-8/h7-8H,3-6H2,1-2H3. The fourth-order valence-electron chi connectivity index (χ4n) is 1.22. The van der Waals surface area contributed by atoms with E-state index in [-0.39, 0.29) is 11.9 Å². The van der Waals surface area contributed by atoms with Crippen LogP contribution in [0.3, 0.4) is 0 Å². The first kappa shape index (κ1) is 9.99. The predicted molar refractivity (Wildman–Crippen MR) is 47.8 cm³/mol. The molecule has 3 nitrogen and oxygen atoms in total. The van der Waals surface area contributed by atoms with E-state index in [0.29, 0.717) is 24.7 Å². The van der Waals surface area contributed by atoms with Gasteiger partial charge in [0.05, 0.1) is 17.6 Å². The fourth-order valence-corrected chi connectivity index (χ4v) is 2.84. The Kier molecular flexibility index (Phi) is 3.12. The highest BCUT2D eigenvalue weighted by Crippen LogP contribution is 2.15. The van der Waals surface area contributed by atoms with E-state index in [2.05, 4.69) is 13.8 Å². The van der Waals surface area contributed by atoms with E-state index in [1.807, 2.05) is 0 Å². The molecule has 1 rings (SSSR count). The summed E-state index contributed by atoms with van der Waals surface area (Å²) in [4.78, 5) is 0. The van der Waals surface area contributed by atoms with E-state index in [0.717, 1.165) is 0 Å². The molecular weight excluding hydrogens is 176 g/mol. The highest BCUT2D eigenvalue weighted by Gasteiger charge is 2.28. The lowest BCUT2D eigenvalue weighted by atomic mass is 10.2. The molecule has 0 aromatic heterocycles. The second-order valence-electron chi connectivity index (χ2n) is 3.75. The Morgan fingerprint density at radius 2 is 2.17 bits per heavy atom. The summed E-state index contributed by atoms with van der Waals surface area (Å²) >= 11 is 0. The smallest absolute Gasteiger partial charge is 0.152 e. The topological polar surface area (TPSA) is 43.4 Å². The maximum Gasteiger partial charge on any atom is 0.152 e. The van der Waals surface area contributed by atoms with Crippen LogP contribution in [0.25, 0.3) is 0 Å². The van der Waals surface area contributed by atoms with Crippen molar-refractivity contribution >= 4 is 9.84 Å². The number of hydrogen-bond donors (Lipinski definition) is 0. The molecule has 1 aliphatic heterocycles. The van der Waals surface area contributed by atoms with Gasteiger partial charge in [0.1, 0.15) is 0 Å². The molecule has 0 aliphatic carbocycles. The van der Waals surface area contributed by atoms with Crippen molar-refractivity contribution in [2.24, 2.45) is 5.92 Å². The fraction of sp³-hybridized carbons (Fsp3) is 1.00. The lowest BCUT2D eigenvalue weighted by Crippen LogP contribution is -2.17. The molecule has 1 heterocycles. The van der Waals surface area contributed by atoms with Crippen molar-refractivity contribution < 1.29 is 13.2 Å². The highest BCUT2D eigenvalue weighted by atomic mass is 32.2. The molecule has 0 radical (unpaired) electrons. The monoisotopic (exact) mass is 192 g/mol. The third-order valence-electron chi connectivity index (χ3n) is 1.86. The number of rotatable bonds is 3. The lowest BCUT2D eigenvalue weighted by Gasteiger charge is -2.11. The van der Waals surface area contributed by atoms with Crippen molar-refractivity contribution in [1.29, 1.82) is 0 Å². The first-order valence-corrected chi connectivity index (χ1v) is 6.14. The van der Waals surface area contributed by atoms with Crippen LogP contribution in [0.5, 0.6) is 0 Å². The van der Waals surface area contributed by atoms with E-state index >= 15 is 0 Å². The molecule has 72 valence electrons. The largest absolute Gasteiger partial charge is 0.377 e. The molecular formula is C8H16O3S. The van der Waals surface area contributed by atoms with Gasteiger partial charge in [0.25, 0.3) is 0 Å². The average Bonchev–Trinajstić information content (AvgIpc) is 2.26. The van der Waals surface area contributed by atoms with Crippen LogP contribution >= 0.6 is 0 Å². The van der Waals surface area contributed by atoms with Crippen LogP contribution in [-0.2, 0) is 14.6 Å². The Balaban J connectivity index is 2.29.